The SMILES string of the molecule is Cc1cc(C(=O)Nc2cc3c(cc2Br)OCCO3)c(C)o1. The van der Waals surface area contributed by atoms with Crippen molar-refractivity contribution in [3.63, 3.8) is 0 Å². The van der Waals surface area contributed by atoms with Crippen molar-refractivity contribution in [1.29, 1.82) is 0 Å². The molecular weight excluding hydrogens is 338 g/mol. The number of furan rings is 1. The summed E-state index contributed by atoms with van der Waals surface area (Å²) in [6, 6.07) is 5.26. The van der Waals surface area contributed by atoms with Crippen molar-refractivity contribution in [2.75, 3.05) is 18.5 Å². The number of aryl methyl sites for hydroxylation is 2. The molecule has 110 valence electrons. The topological polar surface area (TPSA) is 60.7 Å². The van der Waals surface area contributed by atoms with E-state index in [1.807, 2.05) is 6.92 Å². The Bertz CT molecular complexity index is 708. The Balaban J connectivity index is 1.87. The van der Waals surface area contributed by atoms with Gasteiger partial charge in [0.15, 0.2) is 11.5 Å². The van der Waals surface area contributed by atoms with Crippen molar-refractivity contribution in [3.8, 4) is 11.5 Å². The monoisotopic (exact) mass is 351 g/mol. The van der Waals surface area contributed by atoms with Gasteiger partial charge in [-0.05, 0) is 35.8 Å². The van der Waals surface area contributed by atoms with E-state index in [0.717, 1.165) is 4.47 Å². The molecule has 0 radical (unpaired) electrons. The van der Waals surface area contributed by atoms with E-state index >= 15 is 0 Å². The first-order chi connectivity index (χ1) is 10.0. The number of hydrogen-bond donors (Lipinski definition) is 1. The van der Waals surface area contributed by atoms with Crippen molar-refractivity contribution in [2.24, 2.45) is 0 Å². The second kappa shape index (κ2) is 5.44. The molecule has 1 amide bonds. The first-order valence-electron chi connectivity index (χ1n) is 6.52. The summed E-state index contributed by atoms with van der Waals surface area (Å²) in [6.07, 6.45) is 0. The number of ether oxygens (including phenoxy) is 2. The van der Waals surface area contributed by atoms with E-state index in [0.29, 0.717) is 47.5 Å². The Labute approximate surface area is 130 Å². The first kappa shape index (κ1) is 14.0. The number of carbonyl (C=O) groups is 1. The van der Waals surface area contributed by atoms with Gasteiger partial charge in [0.05, 0.1) is 11.3 Å². The fourth-order valence-corrected chi connectivity index (χ4v) is 2.63. The average Bonchev–Trinajstić information content (AvgIpc) is 2.78. The minimum absolute atomic E-state index is 0.221. The zero-order valence-electron chi connectivity index (χ0n) is 11.7. The molecule has 0 spiro atoms. The quantitative estimate of drug-likeness (QED) is 0.896. The van der Waals surface area contributed by atoms with E-state index in [-0.39, 0.29) is 5.91 Å². The molecule has 3 rings (SSSR count). The van der Waals surface area contributed by atoms with Crippen LogP contribution in [0.25, 0.3) is 0 Å². The van der Waals surface area contributed by atoms with Gasteiger partial charge in [0.1, 0.15) is 24.7 Å². The molecule has 1 aliphatic heterocycles. The van der Waals surface area contributed by atoms with Gasteiger partial charge in [-0.1, -0.05) is 0 Å². The van der Waals surface area contributed by atoms with Crippen LogP contribution in [0.15, 0.2) is 27.1 Å². The number of hydrogen-bond acceptors (Lipinski definition) is 4. The van der Waals surface area contributed by atoms with Crippen molar-refractivity contribution < 1.29 is 18.7 Å². The molecular formula is C15H14BrNO4. The maximum Gasteiger partial charge on any atom is 0.259 e. The van der Waals surface area contributed by atoms with Gasteiger partial charge >= 0.3 is 0 Å². The van der Waals surface area contributed by atoms with Gasteiger partial charge in [-0.2, -0.15) is 0 Å². The largest absolute Gasteiger partial charge is 0.486 e. The van der Waals surface area contributed by atoms with Crippen LogP contribution in [0, 0.1) is 13.8 Å². The van der Waals surface area contributed by atoms with Gasteiger partial charge < -0.3 is 19.2 Å². The molecule has 0 saturated carbocycles. The Morgan fingerprint density at radius 2 is 1.81 bits per heavy atom. The number of anilines is 1. The molecule has 5 nitrogen and oxygen atoms in total. The summed E-state index contributed by atoms with van der Waals surface area (Å²) in [7, 11) is 0. The highest BCUT2D eigenvalue weighted by Crippen LogP contribution is 2.38. The lowest BCUT2D eigenvalue weighted by Crippen LogP contribution is -2.17. The molecule has 0 aliphatic carbocycles. The summed E-state index contributed by atoms with van der Waals surface area (Å²) in [5.41, 5.74) is 1.15. The number of carbonyl (C=O) groups excluding carboxylic acids is 1. The van der Waals surface area contributed by atoms with E-state index in [1.165, 1.54) is 0 Å². The third kappa shape index (κ3) is 2.76. The summed E-state index contributed by atoms with van der Waals surface area (Å²) >= 11 is 3.43. The summed E-state index contributed by atoms with van der Waals surface area (Å²) in [6.45, 7) is 4.60. The Morgan fingerprint density at radius 1 is 1.14 bits per heavy atom. The zero-order valence-corrected chi connectivity index (χ0v) is 13.2. The number of amides is 1. The van der Waals surface area contributed by atoms with Crippen molar-refractivity contribution >= 4 is 27.5 Å². The molecule has 0 atom stereocenters. The summed E-state index contributed by atoms with van der Waals surface area (Å²) in [4.78, 5) is 12.3. The molecule has 1 N–H and O–H groups in total. The Morgan fingerprint density at radius 3 is 2.43 bits per heavy atom. The molecule has 1 aliphatic rings. The molecule has 0 bridgehead atoms. The van der Waals surface area contributed by atoms with Gasteiger partial charge in [-0.25, -0.2) is 0 Å². The van der Waals surface area contributed by atoms with Crippen LogP contribution in [-0.2, 0) is 0 Å². The van der Waals surface area contributed by atoms with Gasteiger partial charge in [-0.3, -0.25) is 4.79 Å². The number of fused-ring (bicyclic) bond motifs is 1. The van der Waals surface area contributed by atoms with E-state index in [4.69, 9.17) is 13.9 Å². The standard InChI is InChI=1S/C15H14BrNO4/c1-8-5-10(9(2)21-8)15(18)17-12-7-14-13(6-11(12)16)19-3-4-20-14/h5-7H,3-4H2,1-2H3,(H,17,18). The van der Waals surface area contributed by atoms with Gasteiger partial charge in [0.25, 0.3) is 5.91 Å². The number of benzene rings is 1. The van der Waals surface area contributed by atoms with Gasteiger partial charge in [0, 0.05) is 16.6 Å². The van der Waals surface area contributed by atoms with E-state index < -0.39 is 0 Å². The number of nitrogens with one attached hydrogen (secondary N) is 1. The molecule has 1 aromatic heterocycles. The Kier molecular flexibility index (Phi) is 3.63. The number of halogens is 1. The van der Waals surface area contributed by atoms with Crippen LogP contribution in [0.4, 0.5) is 5.69 Å². The highest BCUT2D eigenvalue weighted by atomic mass is 79.9. The maximum absolute atomic E-state index is 12.3. The third-order valence-electron chi connectivity index (χ3n) is 3.17. The average molecular weight is 352 g/mol. The smallest absolute Gasteiger partial charge is 0.259 e. The Hall–Kier alpha value is -1.95. The highest BCUT2D eigenvalue weighted by Gasteiger charge is 2.18. The van der Waals surface area contributed by atoms with Crippen molar-refractivity contribution in [1.82, 2.24) is 0 Å². The lowest BCUT2D eigenvalue weighted by Gasteiger charge is -2.20. The van der Waals surface area contributed by atoms with E-state index in [1.54, 1.807) is 25.1 Å². The van der Waals surface area contributed by atoms with Crippen molar-refractivity contribution in [3.05, 3.63) is 39.8 Å². The van der Waals surface area contributed by atoms with Crippen molar-refractivity contribution in [2.45, 2.75) is 13.8 Å². The fourth-order valence-electron chi connectivity index (χ4n) is 2.21. The summed E-state index contributed by atoms with van der Waals surface area (Å²) in [5.74, 6) is 2.38. The van der Waals surface area contributed by atoms with Gasteiger partial charge in [0.2, 0.25) is 0 Å². The van der Waals surface area contributed by atoms with E-state index in [9.17, 15) is 4.79 Å². The van der Waals surface area contributed by atoms with Crippen LogP contribution in [0.1, 0.15) is 21.9 Å². The second-order valence-electron chi connectivity index (χ2n) is 4.76. The highest BCUT2D eigenvalue weighted by molar-refractivity contribution is 9.10. The lowest BCUT2D eigenvalue weighted by atomic mass is 10.2. The lowest BCUT2D eigenvalue weighted by molar-refractivity contribution is 0.102. The molecule has 1 aromatic carbocycles. The predicted molar refractivity (Wildman–Crippen MR) is 81.3 cm³/mol. The van der Waals surface area contributed by atoms with Crippen LogP contribution in [0.3, 0.4) is 0 Å². The van der Waals surface area contributed by atoms with Crippen LogP contribution in [0.2, 0.25) is 0 Å². The summed E-state index contributed by atoms with van der Waals surface area (Å²) < 4.78 is 17.1. The minimum atomic E-state index is -0.221. The number of rotatable bonds is 2. The molecule has 0 fully saturated rings. The third-order valence-corrected chi connectivity index (χ3v) is 3.82. The maximum atomic E-state index is 12.3. The fraction of sp³-hybridized carbons (Fsp3) is 0.267. The van der Waals surface area contributed by atoms with Crippen LogP contribution in [-0.4, -0.2) is 19.1 Å². The predicted octanol–water partition coefficient (Wildman–Crippen LogP) is 3.68. The zero-order chi connectivity index (χ0) is 15.0. The van der Waals surface area contributed by atoms with Crippen LogP contribution < -0.4 is 14.8 Å². The molecule has 2 heterocycles. The van der Waals surface area contributed by atoms with E-state index in [2.05, 4.69) is 21.2 Å². The minimum Gasteiger partial charge on any atom is -0.486 e. The summed E-state index contributed by atoms with van der Waals surface area (Å²) in [5, 5.41) is 2.85. The molecule has 2 aromatic rings. The molecule has 21 heavy (non-hydrogen) atoms. The molecule has 6 heteroatoms. The normalized spacial score (nSPS) is 13.1. The van der Waals surface area contributed by atoms with Crippen LogP contribution >= 0.6 is 15.9 Å². The molecule has 0 unspecified atom stereocenters. The van der Waals surface area contributed by atoms with Gasteiger partial charge in [-0.15, -0.1) is 0 Å². The first-order valence-corrected chi connectivity index (χ1v) is 7.31. The van der Waals surface area contributed by atoms with Crippen LogP contribution in [0.5, 0.6) is 11.5 Å². The second-order valence-corrected chi connectivity index (χ2v) is 5.61. The molecule has 0 saturated heterocycles.